The number of carbonyl (C=O) groups excluding carboxylic acids is 1. The smallest absolute Gasteiger partial charge is 0.277 e. The number of amides is 1. The molecule has 1 heterocycles. The number of hydrogen-bond donors (Lipinski definition) is 1. The minimum absolute atomic E-state index is 0.0211. The summed E-state index contributed by atoms with van der Waals surface area (Å²) in [5.41, 5.74) is 4.31. The van der Waals surface area contributed by atoms with E-state index in [2.05, 4.69) is 28.5 Å². The van der Waals surface area contributed by atoms with Crippen LogP contribution in [-0.2, 0) is 4.79 Å². The highest BCUT2D eigenvalue weighted by Gasteiger charge is 2.16. The zero-order chi connectivity index (χ0) is 19.9. The molecule has 1 aromatic heterocycles. The Morgan fingerprint density at radius 2 is 1.82 bits per heavy atom. The first-order chi connectivity index (χ1) is 13.5. The van der Waals surface area contributed by atoms with Crippen LogP contribution >= 0.6 is 11.8 Å². The molecule has 0 bridgehead atoms. The molecule has 1 N–H and O–H groups in total. The van der Waals surface area contributed by atoms with Crippen LogP contribution in [0.15, 0.2) is 58.2 Å². The van der Waals surface area contributed by atoms with Gasteiger partial charge in [0.05, 0.1) is 11.8 Å². The molecule has 1 atom stereocenters. The number of benzene rings is 2. The van der Waals surface area contributed by atoms with Crippen molar-refractivity contribution in [2.24, 2.45) is 0 Å². The van der Waals surface area contributed by atoms with E-state index < -0.39 is 0 Å². The van der Waals surface area contributed by atoms with Gasteiger partial charge in [-0.2, -0.15) is 0 Å². The predicted octanol–water partition coefficient (Wildman–Crippen LogP) is 5.10. The van der Waals surface area contributed by atoms with E-state index in [4.69, 9.17) is 4.42 Å². The van der Waals surface area contributed by atoms with E-state index >= 15 is 0 Å². The van der Waals surface area contributed by atoms with E-state index in [-0.39, 0.29) is 17.7 Å². The zero-order valence-electron chi connectivity index (χ0n) is 16.4. The maximum Gasteiger partial charge on any atom is 0.277 e. The fourth-order valence-corrected chi connectivity index (χ4v) is 3.72. The van der Waals surface area contributed by atoms with Crippen molar-refractivity contribution in [1.82, 2.24) is 15.5 Å². The molecule has 5 nitrogen and oxygen atoms in total. The molecule has 0 aliphatic carbocycles. The van der Waals surface area contributed by atoms with E-state index in [1.807, 2.05) is 56.3 Å². The minimum atomic E-state index is -0.0431. The first-order valence-corrected chi connectivity index (χ1v) is 10.4. The fourth-order valence-electron chi connectivity index (χ4n) is 3.14. The average Bonchev–Trinajstić information content (AvgIpc) is 3.15. The van der Waals surface area contributed by atoms with Gasteiger partial charge in [0.1, 0.15) is 0 Å². The minimum Gasteiger partial charge on any atom is -0.411 e. The molecule has 0 spiro atoms. The Kier molecular flexibility index (Phi) is 6.87. The van der Waals surface area contributed by atoms with Crippen molar-refractivity contribution in [3.05, 3.63) is 65.2 Å². The van der Waals surface area contributed by atoms with Crippen LogP contribution in [0.4, 0.5) is 0 Å². The van der Waals surface area contributed by atoms with Crippen molar-refractivity contribution in [2.45, 2.75) is 44.9 Å². The summed E-state index contributed by atoms with van der Waals surface area (Å²) >= 11 is 1.26. The lowest BCUT2D eigenvalue weighted by Gasteiger charge is -2.18. The largest absolute Gasteiger partial charge is 0.411 e. The molecule has 0 aliphatic heterocycles. The van der Waals surface area contributed by atoms with Gasteiger partial charge in [0.25, 0.3) is 5.22 Å². The molecule has 0 saturated heterocycles. The van der Waals surface area contributed by atoms with Crippen molar-refractivity contribution in [3.63, 3.8) is 0 Å². The van der Waals surface area contributed by atoms with Crippen molar-refractivity contribution >= 4 is 17.7 Å². The van der Waals surface area contributed by atoms with Gasteiger partial charge in [-0.3, -0.25) is 4.79 Å². The van der Waals surface area contributed by atoms with Crippen molar-refractivity contribution in [2.75, 3.05) is 5.75 Å². The predicted molar refractivity (Wildman–Crippen MR) is 112 cm³/mol. The van der Waals surface area contributed by atoms with Crippen LogP contribution in [0.1, 0.15) is 42.5 Å². The van der Waals surface area contributed by atoms with Gasteiger partial charge in [-0.25, -0.2) is 0 Å². The molecular weight excluding hydrogens is 370 g/mol. The number of nitrogens with zero attached hydrogens (tertiary/aromatic N) is 2. The van der Waals surface area contributed by atoms with Gasteiger partial charge < -0.3 is 9.73 Å². The lowest BCUT2D eigenvalue weighted by atomic mass is 10.0. The third-order valence-electron chi connectivity index (χ3n) is 4.32. The average molecular weight is 396 g/mol. The SMILES string of the molecule is CCC[C@H](NC(=O)CSc1nnc(-c2cc(C)cc(C)c2)o1)c1ccccc1. The Balaban J connectivity index is 1.59. The second kappa shape index (κ2) is 9.55. The van der Waals surface area contributed by atoms with Crippen LogP contribution in [0, 0.1) is 13.8 Å². The third kappa shape index (κ3) is 5.45. The molecule has 0 radical (unpaired) electrons. The number of rotatable bonds is 8. The monoisotopic (exact) mass is 395 g/mol. The number of aromatic nitrogens is 2. The third-order valence-corrected chi connectivity index (χ3v) is 5.13. The number of carbonyl (C=O) groups is 1. The lowest BCUT2D eigenvalue weighted by molar-refractivity contribution is -0.119. The molecule has 0 unspecified atom stereocenters. The highest BCUT2D eigenvalue weighted by molar-refractivity contribution is 7.99. The highest BCUT2D eigenvalue weighted by atomic mass is 32.2. The van der Waals surface area contributed by atoms with E-state index in [9.17, 15) is 4.79 Å². The van der Waals surface area contributed by atoms with E-state index in [1.165, 1.54) is 11.8 Å². The molecular formula is C22H25N3O2S. The second-order valence-corrected chi connectivity index (χ2v) is 7.78. The van der Waals surface area contributed by atoms with Crippen molar-refractivity contribution < 1.29 is 9.21 Å². The summed E-state index contributed by atoms with van der Waals surface area (Å²) in [5.74, 6) is 0.669. The molecule has 6 heteroatoms. The summed E-state index contributed by atoms with van der Waals surface area (Å²) in [7, 11) is 0. The Morgan fingerprint density at radius 3 is 2.50 bits per heavy atom. The van der Waals surface area contributed by atoms with Gasteiger partial charge in [-0.15, -0.1) is 10.2 Å². The maximum atomic E-state index is 12.4. The summed E-state index contributed by atoms with van der Waals surface area (Å²) in [6.45, 7) is 6.18. The van der Waals surface area contributed by atoms with E-state index in [1.54, 1.807) is 0 Å². The number of thioether (sulfide) groups is 1. The van der Waals surface area contributed by atoms with Crippen LogP contribution in [-0.4, -0.2) is 21.9 Å². The molecule has 0 aliphatic rings. The van der Waals surface area contributed by atoms with Crippen molar-refractivity contribution in [1.29, 1.82) is 0 Å². The van der Waals surface area contributed by atoms with Gasteiger partial charge in [0.2, 0.25) is 11.8 Å². The maximum absolute atomic E-state index is 12.4. The number of hydrogen-bond acceptors (Lipinski definition) is 5. The first kappa shape index (κ1) is 20.1. The number of nitrogens with one attached hydrogen (secondary N) is 1. The quantitative estimate of drug-likeness (QED) is 0.537. The van der Waals surface area contributed by atoms with E-state index in [0.29, 0.717) is 11.1 Å². The van der Waals surface area contributed by atoms with E-state index in [0.717, 1.165) is 35.1 Å². The molecule has 0 saturated carbocycles. The highest BCUT2D eigenvalue weighted by Crippen LogP contribution is 2.25. The van der Waals surface area contributed by atoms with Crippen LogP contribution in [0.2, 0.25) is 0 Å². The molecule has 3 rings (SSSR count). The first-order valence-electron chi connectivity index (χ1n) is 9.44. The normalized spacial score (nSPS) is 12.0. The summed E-state index contributed by atoms with van der Waals surface area (Å²) < 4.78 is 5.73. The van der Waals surface area contributed by atoms with Crippen LogP contribution < -0.4 is 5.32 Å². The molecule has 146 valence electrons. The van der Waals surface area contributed by atoms with Gasteiger partial charge in [0.15, 0.2) is 0 Å². The molecule has 0 fully saturated rings. The van der Waals surface area contributed by atoms with Gasteiger partial charge in [-0.05, 0) is 38.0 Å². The summed E-state index contributed by atoms with van der Waals surface area (Å²) in [5, 5.41) is 11.7. The lowest BCUT2D eigenvalue weighted by Crippen LogP contribution is -2.29. The van der Waals surface area contributed by atoms with Gasteiger partial charge in [0, 0.05) is 5.56 Å². The van der Waals surface area contributed by atoms with Crippen LogP contribution in [0.3, 0.4) is 0 Å². The number of aryl methyl sites for hydroxylation is 2. The Hall–Kier alpha value is -2.60. The van der Waals surface area contributed by atoms with Crippen LogP contribution in [0.5, 0.6) is 0 Å². The second-order valence-electron chi connectivity index (χ2n) is 6.86. The summed E-state index contributed by atoms with van der Waals surface area (Å²) in [4.78, 5) is 12.4. The Labute approximate surface area is 170 Å². The summed E-state index contributed by atoms with van der Waals surface area (Å²) in [6, 6.07) is 16.2. The summed E-state index contributed by atoms with van der Waals surface area (Å²) in [6.07, 6.45) is 1.90. The van der Waals surface area contributed by atoms with Crippen LogP contribution in [0.25, 0.3) is 11.5 Å². The molecule has 3 aromatic rings. The fraction of sp³-hybridized carbons (Fsp3) is 0.318. The van der Waals surface area contributed by atoms with Gasteiger partial charge >= 0.3 is 0 Å². The molecule has 2 aromatic carbocycles. The Morgan fingerprint density at radius 1 is 1.11 bits per heavy atom. The standard InChI is InChI=1S/C22H25N3O2S/c1-4-8-19(17-9-6-5-7-10-17)23-20(26)14-28-22-25-24-21(27-22)18-12-15(2)11-16(3)13-18/h5-7,9-13,19H,4,8,14H2,1-3H3,(H,23,26)/t19-/m0/s1. The van der Waals surface area contributed by atoms with Gasteiger partial charge in [-0.1, -0.05) is 72.6 Å². The van der Waals surface area contributed by atoms with Crippen molar-refractivity contribution in [3.8, 4) is 11.5 Å². The molecule has 1 amide bonds. The zero-order valence-corrected chi connectivity index (χ0v) is 17.3. The topological polar surface area (TPSA) is 68.0 Å². The Bertz CT molecular complexity index is 904. The molecule has 28 heavy (non-hydrogen) atoms.